The van der Waals surface area contributed by atoms with Crippen LogP contribution in [0.25, 0.3) is 11.3 Å². The Balaban J connectivity index is 1.23. The second-order valence-corrected chi connectivity index (χ2v) is 7.88. The summed E-state index contributed by atoms with van der Waals surface area (Å²) in [5.74, 6) is 1.27. The molecule has 1 aromatic carbocycles. The summed E-state index contributed by atoms with van der Waals surface area (Å²) in [5, 5.41) is 11.1. The Hall–Kier alpha value is -4.41. The van der Waals surface area contributed by atoms with Crippen LogP contribution in [0.15, 0.2) is 76.2 Å². The molecule has 0 spiro atoms. The van der Waals surface area contributed by atoms with Crippen molar-refractivity contribution in [2.45, 2.75) is 12.8 Å². The van der Waals surface area contributed by atoms with Gasteiger partial charge in [-0.25, -0.2) is 4.39 Å². The molecule has 180 valence electrons. The van der Waals surface area contributed by atoms with Crippen LogP contribution in [0.1, 0.15) is 5.76 Å². The van der Waals surface area contributed by atoms with Gasteiger partial charge >= 0.3 is 0 Å². The molecule has 1 amide bonds. The maximum Gasteiger partial charge on any atom is 0.262 e. The molecular weight excluding hydrogens is 455 g/mol. The third-order valence-electron chi connectivity index (χ3n) is 5.60. The molecule has 0 radical (unpaired) electrons. The highest BCUT2D eigenvalue weighted by Gasteiger charge is 2.31. The number of piperazine rings is 1. The number of aromatic nitrogens is 3. The number of carbonyl (C=O) groups excluding carboxylic acids is 1. The lowest BCUT2D eigenvalue weighted by Gasteiger charge is -2.39. The molecule has 1 fully saturated rings. The summed E-state index contributed by atoms with van der Waals surface area (Å²) < 4.78 is 30.8. The fraction of sp³-hybridized carbons (Fsp3) is 0.250. The first kappa shape index (κ1) is 22.4. The second kappa shape index (κ2) is 10.2. The lowest BCUT2D eigenvalue weighted by atomic mass is 10.1. The number of para-hydroxylation sites is 1. The van der Waals surface area contributed by atoms with Gasteiger partial charge in [-0.05, 0) is 18.2 Å². The maximum absolute atomic E-state index is 15.1. The molecule has 1 N–H and O–H groups in total. The molecule has 0 aliphatic carbocycles. The quantitative estimate of drug-likeness (QED) is 0.381. The van der Waals surface area contributed by atoms with Gasteiger partial charge in [0.25, 0.3) is 5.91 Å². The van der Waals surface area contributed by atoms with E-state index in [2.05, 4.69) is 20.6 Å². The number of nitrogens with one attached hydrogen (secondary N) is 1. The predicted octanol–water partition coefficient (Wildman–Crippen LogP) is 3.36. The minimum atomic E-state index is -1.47. The van der Waals surface area contributed by atoms with Crippen molar-refractivity contribution in [2.24, 2.45) is 0 Å². The Labute approximate surface area is 200 Å². The van der Waals surface area contributed by atoms with Crippen LogP contribution in [-0.4, -0.2) is 58.6 Å². The Bertz CT molecular complexity index is 1250. The number of hydrogen-bond acceptors (Lipinski definition) is 9. The normalized spacial score (nSPS) is 15.7. The van der Waals surface area contributed by atoms with E-state index in [9.17, 15) is 4.79 Å². The number of pyridine rings is 1. The van der Waals surface area contributed by atoms with E-state index in [4.69, 9.17) is 13.8 Å². The summed E-state index contributed by atoms with van der Waals surface area (Å²) in [5.41, 5.74) is 2.27. The van der Waals surface area contributed by atoms with Crippen molar-refractivity contribution in [3.05, 3.63) is 72.9 Å². The minimum Gasteiger partial charge on any atom is -0.482 e. The number of amides is 1. The zero-order valence-electron chi connectivity index (χ0n) is 18.7. The number of nitrogens with zero attached hydrogens (tertiary/aromatic N) is 5. The van der Waals surface area contributed by atoms with Crippen molar-refractivity contribution in [2.75, 3.05) is 36.5 Å². The molecule has 5 rings (SSSR count). The van der Waals surface area contributed by atoms with E-state index in [0.29, 0.717) is 36.1 Å². The third-order valence-corrected chi connectivity index (χ3v) is 5.60. The molecule has 4 aromatic rings. The monoisotopic (exact) mass is 478 g/mol. The summed E-state index contributed by atoms with van der Waals surface area (Å²) in [6.07, 6.45) is 3.12. The van der Waals surface area contributed by atoms with Gasteiger partial charge in [0.2, 0.25) is 0 Å². The number of ether oxygens (including phenoxy) is 1. The van der Waals surface area contributed by atoms with Gasteiger partial charge in [-0.1, -0.05) is 28.5 Å². The van der Waals surface area contributed by atoms with E-state index < -0.39 is 12.2 Å². The van der Waals surface area contributed by atoms with Crippen molar-refractivity contribution < 1.29 is 23.0 Å². The molecule has 0 saturated carbocycles. The molecule has 1 atom stereocenters. The van der Waals surface area contributed by atoms with Gasteiger partial charge < -0.3 is 28.9 Å². The molecular formula is C24H23FN6O4. The van der Waals surface area contributed by atoms with Crippen LogP contribution in [0.2, 0.25) is 0 Å². The number of benzene rings is 1. The van der Waals surface area contributed by atoms with Gasteiger partial charge in [0, 0.05) is 42.7 Å². The second-order valence-electron chi connectivity index (χ2n) is 7.88. The van der Waals surface area contributed by atoms with E-state index in [0.717, 1.165) is 11.3 Å². The average molecular weight is 478 g/mol. The van der Waals surface area contributed by atoms with Gasteiger partial charge in [0.05, 0.1) is 19.3 Å². The van der Waals surface area contributed by atoms with Crippen molar-refractivity contribution in [1.29, 1.82) is 0 Å². The SMILES string of the molecule is O=C(COc1cccnc1)N1CCN(c2ccccc2-c2cc(CNc3ccon3)on2)CC1F. The van der Waals surface area contributed by atoms with Crippen LogP contribution in [-0.2, 0) is 11.3 Å². The van der Waals surface area contributed by atoms with E-state index in [1.807, 2.05) is 35.2 Å². The van der Waals surface area contributed by atoms with Crippen LogP contribution in [0.3, 0.4) is 0 Å². The first-order valence-corrected chi connectivity index (χ1v) is 11.1. The van der Waals surface area contributed by atoms with Crippen LogP contribution in [0.5, 0.6) is 5.75 Å². The Morgan fingerprint density at radius 1 is 1.17 bits per heavy atom. The molecule has 0 bridgehead atoms. The van der Waals surface area contributed by atoms with Crippen molar-refractivity contribution in [3.8, 4) is 17.0 Å². The van der Waals surface area contributed by atoms with E-state index in [1.165, 1.54) is 17.4 Å². The van der Waals surface area contributed by atoms with Gasteiger partial charge in [0.15, 0.2) is 24.5 Å². The standard InChI is InChI=1S/C24H23FN6O4/c25-22-15-30(9-10-31(22)24(32)16-33-17-4-3-8-26-13-17)21-6-2-1-5-19(21)20-12-18(35-28-20)14-27-23-7-11-34-29-23/h1-8,11-13,22H,9-10,14-16H2,(H,27,29). The molecule has 3 aromatic heterocycles. The number of hydrogen-bond donors (Lipinski definition) is 1. The number of anilines is 2. The first-order chi connectivity index (χ1) is 17.2. The van der Waals surface area contributed by atoms with Crippen LogP contribution in [0, 0.1) is 0 Å². The van der Waals surface area contributed by atoms with Crippen LogP contribution < -0.4 is 15.0 Å². The van der Waals surface area contributed by atoms with Crippen LogP contribution >= 0.6 is 0 Å². The lowest BCUT2D eigenvalue weighted by Crippen LogP contribution is -2.54. The fourth-order valence-corrected chi connectivity index (χ4v) is 3.87. The van der Waals surface area contributed by atoms with Gasteiger partial charge in [0.1, 0.15) is 17.7 Å². The molecule has 1 aliphatic rings. The van der Waals surface area contributed by atoms with E-state index in [-0.39, 0.29) is 19.7 Å². The highest BCUT2D eigenvalue weighted by molar-refractivity contribution is 5.79. The summed E-state index contributed by atoms with van der Waals surface area (Å²) in [6, 6.07) is 14.5. The van der Waals surface area contributed by atoms with Crippen LogP contribution in [0.4, 0.5) is 15.9 Å². The third kappa shape index (κ3) is 5.24. The zero-order valence-corrected chi connectivity index (χ0v) is 18.7. The topological polar surface area (TPSA) is 110 Å². The average Bonchev–Trinajstić information content (AvgIpc) is 3.59. The molecule has 35 heavy (non-hydrogen) atoms. The Morgan fingerprint density at radius 3 is 2.89 bits per heavy atom. The number of rotatable bonds is 8. The lowest BCUT2D eigenvalue weighted by molar-refractivity contribution is -0.139. The molecule has 1 saturated heterocycles. The smallest absolute Gasteiger partial charge is 0.262 e. The maximum atomic E-state index is 15.1. The first-order valence-electron chi connectivity index (χ1n) is 11.1. The van der Waals surface area contributed by atoms with Crippen molar-refractivity contribution in [1.82, 2.24) is 20.2 Å². The molecule has 1 aliphatic heterocycles. The molecule has 10 nitrogen and oxygen atoms in total. The summed E-state index contributed by atoms with van der Waals surface area (Å²) in [6.45, 7) is 0.877. The van der Waals surface area contributed by atoms with Gasteiger partial charge in [-0.3, -0.25) is 9.78 Å². The Morgan fingerprint density at radius 2 is 2.09 bits per heavy atom. The molecule has 11 heteroatoms. The van der Waals surface area contributed by atoms with Gasteiger partial charge in [-0.15, -0.1) is 0 Å². The zero-order chi connectivity index (χ0) is 24.0. The van der Waals surface area contributed by atoms with E-state index in [1.54, 1.807) is 24.4 Å². The number of carbonyl (C=O) groups is 1. The van der Waals surface area contributed by atoms with Gasteiger partial charge in [-0.2, -0.15) is 0 Å². The van der Waals surface area contributed by atoms with Crippen molar-refractivity contribution >= 4 is 17.4 Å². The molecule has 1 unspecified atom stereocenters. The largest absolute Gasteiger partial charge is 0.482 e. The summed E-state index contributed by atoms with van der Waals surface area (Å²) >= 11 is 0. The number of alkyl halides is 1. The highest BCUT2D eigenvalue weighted by Crippen LogP contribution is 2.32. The van der Waals surface area contributed by atoms with Crippen molar-refractivity contribution in [3.63, 3.8) is 0 Å². The minimum absolute atomic E-state index is 0.0358. The van der Waals surface area contributed by atoms with E-state index >= 15 is 4.39 Å². The summed E-state index contributed by atoms with van der Waals surface area (Å²) in [7, 11) is 0. The highest BCUT2D eigenvalue weighted by atomic mass is 19.1. The number of halogens is 1. The summed E-state index contributed by atoms with van der Waals surface area (Å²) in [4.78, 5) is 19.6. The molecule has 4 heterocycles. The predicted molar refractivity (Wildman–Crippen MR) is 124 cm³/mol. The fourth-order valence-electron chi connectivity index (χ4n) is 3.87. The Kier molecular flexibility index (Phi) is 6.55.